The molecular formula is C13H19N3O2. The minimum absolute atomic E-state index is 0.159. The first kappa shape index (κ1) is 12.8. The molecule has 0 fully saturated rings. The molecule has 0 aliphatic heterocycles. The van der Waals surface area contributed by atoms with Gasteiger partial charge in [-0.1, -0.05) is 6.92 Å². The standard InChI is InChI=1S/C13H19N3O2/c1-2-7-16-11-6-4-3-5-9(11)8-10(13(16)18)12(17)15-14/h8H,2-7,14H2,1H3,(H,15,17). The van der Waals surface area contributed by atoms with Gasteiger partial charge in [0.2, 0.25) is 0 Å². The molecule has 0 atom stereocenters. The molecule has 0 bridgehead atoms. The van der Waals surface area contributed by atoms with Gasteiger partial charge in [0.15, 0.2) is 0 Å². The van der Waals surface area contributed by atoms with E-state index in [0.29, 0.717) is 6.54 Å². The molecular weight excluding hydrogens is 230 g/mol. The summed E-state index contributed by atoms with van der Waals surface area (Å²) in [7, 11) is 0. The van der Waals surface area contributed by atoms with Crippen LogP contribution in [-0.4, -0.2) is 10.5 Å². The number of aromatic nitrogens is 1. The molecule has 0 radical (unpaired) electrons. The number of pyridine rings is 1. The van der Waals surface area contributed by atoms with Crippen LogP contribution in [0.25, 0.3) is 0 Å². The number of nitrogens with zero attached hydrogens (tertiary/aromatic N) is 1. The number of rotatable bonds is 3. The Balaban J connectivity index is 2.61. The van der Waals surface area contributed by atoms with Crippen molar-refractivity contribution in [3.05, 3.63) is 33.2 Å². The summed E-state index contributed by atoms with van der Waals surface area (Å²) in [4.78, 5) is 23.9. The Kier molecular flexibility index (Phi) is 3.81. The number of aryl methyl sites for hydroxylation is 1. The van der Waals surface area contributed by atoms with E-state index in [-0.39, 0.29) is 11.1 Å². The molecule has 5 nitrogen and oxygen atoms in total. The van der Waals surface area contributed by atoms with E-state index in [1.54, 1.807) is 10.6 Å². The van der Waals surface area contributed by atoms with Crippen LogP contribution < -0.4 is 16.8 Å². The maximum Gasteiger partial charge on any atom is 0.270 e. The summed E-state index contributed by atoms with van der Waals surface area (Å²) in [5, 5.41) is 0. The maximum atomic E-state index is 12.3. The van der Waals surface area contributed by atoms with Gasteiger partial charge in [0, 0.05) is 12.2 Å². The van der Waals surface area contributed by atoms with E-state index >= 15 is 0 Å². The van der Waals surface area contributed by atoms with Crippen molar-refractivity contribution < 1.29 is 4.79 Å². The normalized spacial score (nSPS) is 14.1. The average molecular weight is 249 g/mol. The minimum Gasteiger partial charge on any atom is -0.312 e. The highest BCUT2D eigenvalue weighted by Crippen LogP contribution is 2.21. The lowest BCUT2D eigenvalue weighted by molar-refractivity contribution is 0.0951. The molecule has 2 rings (SSSR count). The van der Waals surface area contributed by atoms with Gasteiger partial charge in [-0.3, -0.25) is 15.0 Å². The molecule has 3 N–H and O–H groups in total. The fraction of sp³-hybridized carbons (Fsp3) is 0.538. The van der Waals surface area contributed by atoms with E-state index < -0.39 is 5.91 Å². The summed E-state index contributed by atoms with van der Waals surface area (Å²) < 4.78 is 1.75. The molecule has 5 heteroatoms. The zero-order valence-corrected chi connectivity index (χ0v) is 10.7. The number of amides is 1. The summed E-state index contributed by atoms with van der Waals surface area (Å²) >= 11 is 0. The summed E-state index contributed by atoms with van der Waals surface area (Å²) in [6.07, 6.45) is 4.96. The fourth-order valence-corrected chi connectivity index (χ4v) is 2.58. The quantitative estimate of drug-likeness (QED) is 0.471. The Morgan fingerprint density at radius 2 is 2.17 bits per heavy atom. The summed E-state index contributed by atoms with van der Waals surface area (Å²) in [5.74, 6) is 4.62. The molecule has 0 unspecified atom stereocenters. The number of nitrogen functional groups attached to an aromatic ring is 1. The van der Waals surface area contributed by atoms with Crippen LogP contribution in [0.1, 0.15) is 47.8 Å². The molecule has 1 aliphatic rings. The summed E-state index contributed by atoms with van der Waals surface area (Å²) in [6.45, 7) is 2.68. The molecule has 1 amide bonds. The van der Waals surface area contributed by atoms with Gasteiger partial charge < -0.3 is 4.57 Å². The van der Waals surface area contributed by atoms with Crippen LogP contribution in [0.5, 0.6) is 0 Å². The van der Waals surface area contributed by atoms with E-state index in [0.717, 1.165) is 43.4 Å². The highest BCUT2D eigenvalue weighted by molar-refractivity contribution is 5.93. The van der Waals surface area contributed by atoms with E-state index in [2.05, 4.69) is 0 Å². The van der Waals surface area contributed by atoms with E-state index in [1.807, 2.05) is 12.3 Å². The predicted molar refractivity (Wildman–Crippen MR) is 69.3 cm³/mol. The molecule has 1 heterocycles. The SMILES string of the molecule is CCCn1c2c(cc(C(=O)NN)c1=O)CCCC2. The van der Waals surface area contributed by atoms with Gasteiger partial charge >= 0.3 is 0 Å². The second kappa shape index (κ2) is 5.35. The molecule has 18 heavy (non-hydrogen) atoms. The van der Waals surface area contributed by atoms with Crippen LogP contribution >= 0.6 is 0 Å². The third kappa shape index (κ3) is 2.18. The smallest absolute Gasteiger partial charge is 0.270 e. The molecule has 98 valence electrons. The highest BCUT2D eigenvalue weighted by Gasteiger charge is 2.20. The number of hydrogen-bond donors (Lipinski definition) is 2. The molecule has 1 aliphatic carbocycles. The van der Waals surface area contributed by atoms with Crippen molar-refractivity contribution in [3.8, 4) is 0 Å². The number of nitrogens with one attached hydrogen (secondary N) is 1. The fourth-order valence-electron chi connectivity index (χ4n) is 2.58. The Morgan fingerprint density at radius 3 is 2.83 bits per heavy atom. The van der Waals surface area contributed by atoms with Gasteiger partial charge in [0.25, 0.3) is 11.5 Å². The summed E-state index contributed by atoms with van der Waals surface area (Å²) in [6, 6.07) is 1.71. The number of carbonyl (C=O) groups is 1. The zero-order valence-electron chi connectivity index (χ0n) is 10.7. The van der Waals surface area contributed by atoms with Crippen molar-refractivity contribution in [3.63, 3.8) is 0 Å². The number of hydrazine groups is 1. The van der Waals surface area contributed by atoms with Crippen molar-refractivity contribution in [1.29, 1.82) is 0 Å². The van der Waals surface area contributed by atoms with E-state index in [4.69, 9.17) is 5.84 Å². The summed E-state index contributed by atoms with van der Waals surface area (Å²) in [5.41, 5.74) is 4.20. The third-order valence-electron chi connectivity index (χ3n) is 3.42. The van der Waals surface area contributed by atoms with Gasteiger partial charge in [-0.05, 0) is 43.7 Å². The van der Waals surface area contributed by atoms with Crippen LogP contribution in [0.4, 0.5) is 0 Å². The van der Waals surface area contributed by atoms with Crippen LogP contribution in [0.2, 0.25) is 0 Å². The van der Waals surface area contributed by atoms with E-state index in [1.165, 1.54) is 0 Å². The lowest BCUT2D eigenvalue weighted by atomic mass is 9.94. The van der Waals surface area contributed by atoms with Gasteiger partial charge in [-0.15, -0.1) is 0 Å². The van der Waals surface area contributed by atoms with Crippen molar-refractivity contribution >= 4 is 5.91 Å². The molecule has 1 aromatic heterocycles. The van der Waals surface area contributed by atoms with Crippen molar-refractivity contribution in [2.24, 2.45) is 5.84 Å². The van der Waals surface area contributed by atoms with Gasteiger partial charge in [0.1, 0.15) is 5.56 Å². The first-order valence-electron chi connectivity index (χ1n) is 6.45. The lowest BCUT2D eigenvalue weighted by Crippen LogP contribution is -2.38. The monoisotopic (exact) mass is 249 g/mol. The maximum absolute atomic E-state index is 12.3. The molecule has 0 spiro atoms. The second-order valence-electron chi connectivity index (χ2n) is 4.67. The second-order valence-corrected chi connectivity index (χ2v) is 4.67. The first-order chi connectivity index (χ1) is 8.69. The average Bonchev–Trinajstić information content (AvgIpc) is 2.41. The minimum atomic E-state index is -0.502. The highest BCUT2D eigenvalue weighted by atomic mass is 16.2. The van der Waals surface area contributed by atoms with Crippen LogP contribution in [0.15, 0.2) is 10.9 Å². The topological polar surface area (TPSA) is 77.1 Å². The first-order valence-corrected chi connectivity index (χ1v) is 6.45. The predicted octanol–water partition coefficient (Wildman–Crippen LogP) is 0.741. The van der Waals surface area contributed by atoms with Gasteiger partial charge in [0.05, 0.1) is 0 Å². The van der Waals surface area contributed by atoms with Crippen molar-refractivity contribution in [2.45, 2.75) is 45.6 Å². The Hall–Kier alpha value is -1.62. The van der Waals surface area contributed by atoms with E-state index in [9.17, 15) is 9.59 Å². The Morgan fingerprint density at radius 1 is 1.44 bits per heavy atom. The van der Waals surface area contributed by atoms with Crippen LogP contribution in [0.3, 0.4) is 0 Å². The number of fused-ring (bicyclic) bond motifs is 1. The van der Waals surface area contributed by atoms with Gasteiger partial charge in [-0.25, -0.2) is 5.84 Å². The van der Waals surface area contributed by atoms with Gasteiger partial charge in [-0.2, -0.15) is 0 Å². The molecule has 0 aromatic carbocycles. The largest absolute Gasteiger partial charge is 0.312 e. The number of carbonyl (C=O) groups excluding carboxylic acids is 1. The number of nitrogens with two attached hydrogens (primary N) is 1. The van der Waals surface area contributed by atoms with Crippen LogP contribution in [-0.2, 0) is 19.4 Å². The third-order valence-corrected chi connectivity index (χ3v) is 3.42. The lowest BCUT2D eigenvalue weighted by Gasteiger charge is -2.21. The Bertz CT molecular complexity index is 520. The molecule has 1 aromatic rings. The molecule has 0 saturated carbocycles. The number of hydrogen-bond acceptors (Lipinski definition) is 3. The van der Waals surface area contributed by atoms with Crippen molar-refractivity contribution in [2.75, 3.05) is 0 Å². The zero-order chi connectivity index (χ0) is 13.1. The van der Waals surface area contributed by atoms with Crippen molar-refractivity contribution in [1.82, 2.24) is 9.99 Å². The Labute approximate surface area is 106 Å². The van der Waals surface area contributed by atoms with Crippen LogP contribution in [0, 0.1) is 0 Å². The molecule has 0 saturated heterocycles.